The minimum absolute atomic E-state index is 0.327. The van der Waals surface area contributed by atoms with Gasteiger partial charge in [-0.05, 0) is 19.4 Å². The van der Waals surface area contributed by atoms with Crippen molar-refractivity contribution < 1.29 is 24.3 Å². The van der Waals surface area contributed by atoms with Crippen LogP contribution in [0.25, 0.3) is 0 Å². The summed E-state index contributed by atoms with van der Waals surface area (Å²) in [6.45, 7) is 4.43. The van der Waals surface area contributed by atoms with Crippen molar-refractivity contribution in [1.82, 2.24) is 26.0 Å². The topological polar surface area (TPSA) is 131 Å². The normalized spacial score (nSPS) is 27.9. The van der Waals surface area contributed by atoms with Crippen LogP contribution in [0.5, 0.6) is 0 Å². The first kappa shape index (κ1) is 20.5. The third-order valence-corrected chi connectivity index (χ3v) is 7.08. The third-order valence-electron chi connectivity index (χ3n) is 5.51. The number of carbonyl (C=O) groups is 4. The molecule has 30 heavy (non-hydrogen) atoms. The molecule has 0 saturated carbocycles. The lowest BCUT2D eigenvalue weighted by Gasteiger charge is -2.44. The van der Waals surface area contributed by atoms with Gasteiger partial charge in [-0.2, -0.15) is 0 Å². The van der Waals surface area contributed by atoms with E-state index in [1.807, 2.05) is 6.07 Å². The zero-order chi connectivity index (χ0) is 21.6. The van der Waals surface area contributed by atoms with Crippen molar-refractivity contribution in [1.29, 1.82) is 0 Å². The van der Waals surface area contributed by atoms with Crippen molar-refractivity contribution in [2.24, 2.45) is 0 Å². The number of nitrogens with zero attached hydrogens (tertiary/aromatic N) is 2. The van der Waals surface area contributed by atoms with Crippen molar-refractivity contribution in [2.75, 3.05) is 13.1 Å². The lowest BCUT2D eigenvalue weighted by Crippen LogP contribution is -2.71. The second kappa shape index (κ2) is 7.47. The SMILES string of the molecule is CC1(C)S[C@@H]2[C@H](NC(=O)[C@@H](NN3CCNC3=O)c3ccccc3)C(=O)N2[C@H]1C(=O)O. The molecule has 0 unspecified atom stereocenters. The highest BCUT2D eigenvalue weighted by Crippen LogP contribution is 2.50. The molecular formula is C19H23N5O5S. The molecule has 10 nitrogen and oxygen atoms in total. The molecule has 1 aromatic carbocycles. The second-order valence-electron chi connectivity index (χ2n) is 7.94. The standard InChI is InChI=1S/C19H23N5O5S/c1-19(2)13(17(27)28)24-15(26)12(16(24)30-19)21-14(25)11(10-6-4-3-5-7-10)22-23-9-8-20-18(23)29/h3-7,11-13,16,22H,8-9H2,1-2H3,(H,20,29)(H,21,25)(H,27,28)/t11-,12+,13-,16+/m0/s1. The van der Waals surface area contributed by atoms with E-state index in [1.54, 1.807) is 38.1 Å². The number of carbonyl (C=O) groups excluding carboxylic acids is 3. The van der Waals surface area contributed by atoms with E-state index in [-0.39, 0.29) is 6.03 Å². The predicted octanol–water partition coefficient (Wildman–Crippen LogP) is -0.111. The van der Waals surface area contributed by atoms with Gasteiger partial charge in [0.2, 0.25) is 11.8 Å². The monoisotopic (exact) mass is 433 g/mol. The van der Waals surface area contributed by atoms with E-state index in [4.69, 9.17) is 0 Å². The molecule has 3 aliphatic rings. The highest BCUT2D eigenvalue weighted by Gasteiger charge is 2.64. The van der Waals surface area contributed by atoms with Crippen molar-refractivity contribution >= 4 is 35.6 Å². The van der Waals surface area contributed by atoms with Crippen LogP contribution in [-0.4, -0.2) is 74.1 Å². The van der Waals surface area contributed by atoms with Crippen LogP contribution in [0.3, 0.4) is 0 Å². The Kier molecular flexibility index (Phi) is 5.10. The smallest absolute Gasteiger partial charge is 0.331 e. The molecule has 3 saturated heterocycles. The van der Waals surface area contributed by atoms with Crippen LogP contribution >= 0.6 is 11.8 Å². The van der Waals surface area contributed by atoms with Gasteiger partial charge in [0, 0.05) is 11.3 Å². The number of urea groups is 1. The fourth-order valence-corrected chi connectivity index (χ4v) is 5.69. The first-order valence-corrected chi connectivity index (χ1v) is 10.5. The fraction of sp³-hybridized carbons (Fsp3) is 0.474. The molecule has 0 aromatic heterocycles. The van der Waals surface area contributed by atoms with E-state index in [1.165, 1.54) is 21.7 Å². The summed E-state index contributed by atoms with van der Waals surface area (Å²) in [5.41, 5.74) is 3.58. The Morgan fingerprint density at radius 2 is 1.97 bits per heavy atom. The van der Waals surface area contributed by atoms with E-state index in [0.29, 0.717) is 18.7 Å². The molecule has 4 rings (SSSR count). The molecule has 4 atom stereocenters. The van der Waals surface area contributed by atoms with Crippen molar-refractivity contribution in [2.45, 2.75) is 42.1 Å². The third kappa shape index (κ3) is 3.37. The molecule has 3 aliphatic heterocycles. The largest absolute Gasteiger partial charge is 0.480 e. The molecular weight excluding hydrogens is 410 g/mol. The summed E-state index contributed by atoms with van der Waals surface area (Å²) in [6.07, 6.45) is 0. The van der Waals surface area contributed by atoms with Gasteiger partial charge in [0.15, 0.2) is 0 Å². The Labute approximate surface area is 177 Å². The molecule has 4 N–H and O–H groups in total. The van der Waals surface area contributed by atoms with Crippen LogP contribution in [0.1, 0.15) is 25.5 Å². The number of thioether (sulfide) groups is 1. The van der Waals surface area contributed by atoms with E-state index in [2.05, 4.69) is 16.1 Å². The van der Waals surface area contributed by atoms with Crippen molar-refractivity contribution in [3.63, 3.8) is 0 Å². The maximum atomic E-state index is 13.1. The Balaban J connectivity index is 1.51. The van der Waals surface area contributed by atoms with Gasteiger partial charge >= 0.3 is 12.0 Å². The lowest BCUT2D eigenvalue weighted by molar-refractivity contribution is -0.161. The molecule has 0 bridgehead atoms. The fourth-order valence-electron chi connectivity index (χ4n) is 4.06. The number of rotatable bonds is 6. The van der Waals surface area contributed by atoms with E-state index < -0.39 is 46.0 Å². The second-order valence-corrected chi connectivity index (χ2v) is 9.71. The summed E-state index contributed by atoms with van der Waals surface area (Å²) in [6, 6.07) is 5.93. The number of aliphatic carboxylic acids is 1. The van der Waals surface area contributed by atoms with Crippen LogP contribution < -0.4 is 16.1 Å². The van der Waals surface area contributed by atoms with Gasteiger partial charge in [-0.1, -0.05) is 30.3 Å². The highest BCUT2D eigenvalue weighted by molar-refractivity contribution is 8.01. The average Bonchev–Trinajstić information content (AvgIpc) is 3.22. The van der Waals surface area contributed by atoms with Gasteiger partial charge in [0.1, 0.15) is 23.5 Å². The maximum Gasteiger partial charge on any atom is 0.331 e. The van der Waals surface area contributed by atoms with Gasteiger partial charge < -0.3 is 20.6 Å². The Morgan fingerprint density at radius 3 is 2.57 bits per heavy atom. The van der Waals surface area contributed by atoms with Crippen molar-refractivity contribution in [3.8, 4) is 0 Å². The van der Waals surface area contributed by atoms with Gasteiger partial charge in [-0.25, -0.2) is 15.0 Å². The molecule has 11 heteroatoms. The minimum Gasteiger partial charge on any atom is -0.480 e. The summed E-state index contributed by atoms with van der Waals surface area (Å²) in [7, 11) is 0. The Morgan fingerprint density at radius 1 is 1.27 bits per heavy atom. The van der Waals surface area contributed by atoms with Gasteiger partial charge in [-0.15, -0.1) is 11.8 Å². The van der Waals surface area contributed by atoms with Crippen LogP contribution in [0, 0.1) is 0 Å². The molecule has 1 aromatic rings. The van der Waals surface area contributed by atoms with Crippen LogP contribution in [0.4, 0.5) is 4.79 Å². The molecule has 4 amide bonds. The molecule has 0 spiro atoms. The van der Waals surface area contributed by atoms with Crippen LogP contribution in [0.2, 0.25) is 0 Å². The Hall–Kier alpha value is -2.79. The molecule has 3 heterocycles. The maximum absolute atomic E-state index is 13.1. The number of amides is 4. The molecule has 0 aliphatic carbocycles. The van der Waals surface area contributed by atoms with E-state index in [9.17, 15) is 24.3 Å². The number of carboxylic acids is 1. The number of carboxylic acid groups (broad SMARTS) is 1. The molecule has 3 fully saturated rings. The number of hydrogen-bond acceptors (Lipinski definition) is 6. The summed E-state index contributed by atoms with van der Waals surface area (Å²) >= 11 is 1.36. The molecule has 160 valence electrons. The minimum atomic E-state index is -1.06. The van der Waals surface area contributed by atoms with Crippen molar-refractivity contribution in [3.05, 3.63) is 35.9 Å². The van der Waals surface area contributed by atoms with Crippen LogP contribution in [-0.2, 0) is 14.4 Å². The highest BCUT2D eigenvalue weighted by atomic mass is 32.2. The molecule has 0 radical (unpaired) electrons. The number of hydrogen-bond donors (Lipinski definition) is 4. The average molecular weight is 433 g/mol. The van der Waals surface area contributed by atoms with Gasteiger partial charge in [0.05, 0.1) is 6.54 Å². The van der Waals surface area contributed by atoms with Crippen LogP contribution in [0.15, 0.2) is 30.3 Å². The number of benzene rings is 1. The van der Waals surface area contributed by atoms with Gasteiger partial charge in [0.25, 0.3) is 0 Å². The summed E-state index contributed by atoms with van der Waals surface area (Å²) in [5.74, 6) is -1.93. The number of β-lactam (4-membered cyclic amide) rings is 1. The summed E-state index contributed by atoms with van der Waals surface area (Å²) in [4.78, 5) is 50.7. The number of hydrazine groups is 1. The zero-order valence-electron chi connectivity index (χ0n) is 16.5. The zero-order valence-corrected chi connectivity index (χ0v) is 17.3. The first-order chi connectivity index (χ1) is 14.2. The van der Waals surface area contributed by atoms with E-state index in [0.717, 1.165) is 0 Å². The first-order valence-electron chi connectivity index (χ1n) is 9.60. The predicted molar refractivity (Wildman–Crippen MR) is 108 cm³/mol. The lowest BCUT2D eigenvalue weighted by atomic mass is 9.95. The number of nitrogens with one attached hydrogen (secondary N) is 3. The number of fused-ring (bicyclic) bond motifs is 1. The van der Waals surface area contributed by atoms with Gasteiger partial charge in [-0.3, -0.25) is 14.6 Å². The summed E-state index contributed by atoms with van der Waals surface area (Å²) in [5, 5.41) is 15.8. The summed E-state index contributed by atoms with van der Waals surface area (Å²) < 4.78 is -0.670. The van der Waals surface area contributed by atoms with E-state index >= 15 is 0 Å². The Bertz CT molecular complexity index is 895. The quantitative estimate of drug-likeness (QED) is 0.461.